The third kappa shape index (κ3) is 7.05. The summed E-state index contributed by atoms with van der Waals surface area (Å²) in [6, 6.07) is -0.151. The van der Waals surface area contributed by atoms with Crippen molar-refractivity contribution in [3.8, 4) is 0 Å². The molecule has 0 aromatic carbocycles. The van der Waals surface area contributed by atoms with Crippen molar-refractivity contribution >= 4 is 11.9 Å². The Kier molecular flexibility index (Phi) is 5.59. The summed E-state index contributed by atoms with van der Waals surface area (Å²) in [5.74, 6) is -0.513. The fourth-order valence-electron chi connectivity index (χ4n) is 0.782. The molecule has 0 aliphatic heterocycles. The first kappa shape index (κ1) is 11.7. The van der Waals surface area contributed by atoms with E-state index in [1.54, 1.807) is 19.9 Å². The fraction of sp³-hybridized carbons (Fsp3) is 0.556. The average molecular weight is 185 g/mol. The number of ether oxygens (including phenoxy) is 1. The average Bonchev–Trinajstić information content (AvgIpc) is 2.00. The highest BCUT2D eigenvalue weighted by atomic mass is 16.5. The summed E-state index contributed by atoms with van der Waals surface area (Å²) in [6.45, 7) is 5.30. The number of esters is 1. The zero-order chi connectivity index (χ0) is 10.3. The van der Waals surface area contributed by atoms with E-state index in [-0.39, 0.29) is 17.9 Å². The summed E-state index contributed by atoms with van der Waals surface area (Å²) < 4.78 is 4.66. The van der Waals surface area contributed by atoms with E-state index >= 15 is 0 Å². The van der Waals surface area contributed by atoms with Gasteiger partial charge in [-0.15, -0.1) is 0 Å². The topological polar surface area (TPSA) is 55.4 Å². The second-order valence-corrected chi connectivity index (χ2v) is 2.60. The van der Waals surface area contributed by atoms with Crippen LogP contribution in [0.3, 0.4) is 0 Å². The van der Waals surface area contributed by atoms with Crippen LogP contribution >= 0.6 is 0 Å². The minimum absolute atomic E-state index is 0.124. The molecule has 0 aliphatic carbocycles. The van der Waals surface area contributed by atoms with Gasteiger partial charge in [0.05, 0.1) is 6.61 Å². The SMILES string of the molecule is CCOC(=O)/C=C/[C@H](C)NC(C)=O. The van der Waals surface area contributed by atoms with Gasteiger partial charge in [0.15, 0.2) is 0 Å². The summed E-state index contributed by atoms with van der Waals surface area (Å²) in [7, 11) is 0. The maximum Gasteiger partial charge on any atom is 0.330 e. The van der Waals surface area contributed by atoms with Gasteiger partial charge in [0.25, 0.3) is 0 Å². The molecule has 0 rings (SSSR count). The van der Waals surface area contributed by atoms with Crippen LogP contribution < -0.4 is 5.32 Å². The lowest BCUT2D eigenvalue weighted by Crippen LogP contribution is -2.28. The molecule has 0 saturated heterocycles. The number of amides is 1. The second-order valence-electron chi connectivity index (χ2n) is 2.60. The van der Waals surface area contributed by atoms with Crippen LogP contribution in [-0.4, -0.2) is 24.5 Å². The van der Waals surface area contributed by atoms with Crippen LogP contribution in [0.2, 0.25) is 0 Å². The minimum Gasteiger partial charge on any atom is -0.463 e. The Morgan fingerprint density at radius 1 is 1.54 bits per heavy atom. The van der Waals surface area contributed by atoms with Gasteiger partial charge in [-0.05, 0) is 13.8 Å². The van der Waals surface area contributed by atoms with Crippen LogP contribution in [0.1, 0.15) is 20.8 Å². The summed E-state index contributed by atoms with van der Waals surface area (Å²) in [4.78, 5) is 21.4. The van der Waals surface area contributed by atoms with Crippen LogP contribution in [-0.2, 0) is 14.3 Å². The largest absolute Gasteiger partial charge is 0.463 e. The quantitative estimate of drug-likeness (QED) is 0.516. The number of carbonyl (C=O) groups is 2. The molecule has 0 aromatic heterocycles. The van der Waals surface area contributed by atoms with E-state index < -0.39 is 0 Å². The molecule has 0 aliphatic rings. The van der Waals surface area contributed by atoms with Crippen LogP contribution in [0, 0.1) is 0 Å². The monoisotopic (exact) mass is 185 g/mol. The molecule has 13 heavy (non-hydrogen) atoms. The Balaban J connectivity index is 3.82. The van der Waals surface area contributed by atoms with Gasteiger partial charge in [-0.1, -0.05) is 6.08 Å². The van der Waals surface area contributed by atoms with Crippen molar-refractivity contribution in [1.29, 1.82) is 0 Å². The smallest absolute Gasteiger partial charge is 0.330 e. The zero-order valence-corrected chi connectivity index (χ0v) is 8.16. The standard InChI is InChI=1S/C9H15NO3/c1-4-13-9(12)6-5-7(2)10-8(3)11/h5-7H,4H2,1-3H3,(H,10,11)/b6-5+/t7-/m0/s1. The molecule has 1 amide bonds. The Morgan fingerprint density at radius 3 is 2.62 bits per heavy atom. The lowest BCUT2D eigenvalue weighted by Gasteiger charge is -2.05. The molecule has 1 atom stereocenters. The summed E-state index contributed by atoms with van der Waals surface area (Å²) >= 11 is 0. The molecule has 4 heteroatoms. The van der Waals surface area contributed by atoms with Crippen LogP contribution in [0.15, 0.2) is 12.2 Å². The first-order valence-electron chi connectivity index (χ1n) is 4.18. The normalized spacial score (nSPS) is 12.5. The molecule has 1 N–H and O–H groups in total. The van der Waals surface area contributed by atoms with Crippen LogP contribution in [0.25, 0.3) is 0 Å². The van der Waals surface area contributed by atoms with Gasteiger partial charge in [0.2, 0.25) is 5.91 Å². The van der Waals surface area contributed by atoms with Gasteiger partial charge in [-0.25, -0.2) is 4.79 Å². The van der Waals surface area contributed by atoms with Gasteiger partial charge in [0, 0.05) is 19.0 Å². The molecule has 74 valence electrons. The summed E-state index contributed by atoms with van der Waals surface area (Å²) in [6.07, 6.45) is 2.89. The van der Waals surface area contributed by atoms with Gasteiger partial charge >= 0.3 is 5.97 Å². The first-order valence-corrected chi connectivity index (χ1v) is 4.18. The molecule has 0 radical (unpaired) electrons. The molecule has 0 heterocycles. The summed E-state index contributed by atoms with van der Waals surface area (Å²) in [5.41, 5.74) is 0. The van der Waals surface area contributed by atoms with Gasteiger partial charge in [-0.3, -0.25) is 4.79 Å². The van der Waals surface area contributed by atoms with E-state index in [2.05, 4.69) is 10.1 Å². The maximum absolute atomic E-state index is 10.8. The van der Waals surface area contributed by atoms with E-state index in [9.17, 15) is 9.59 Å². The predicted molar refractivity (Wildman–Crippen MR) is 49.1 cm³/mol. The molecule has 0 saturated carbocycles. The van der Waals surface area contributed by atoms with Crippen molar-refractivity contribution in [3.63, 3.8) is 0 Å². The molecule has 4 nitrogen and oxygen atoms in total. The van der Waals surface area contributed by atoms with E-state index in [4.69, 9.17) is 0 Å². The molecular formula is C9H15NO3. The second kappa shape index (κ2) is 6.22. The van der Waals surface area contributed by atoms with Crippen LogP contribution in [0.5, 0.6) is 0 Å². The van der Waals surface area contributed by atoms with Gasteiger partial charge < -0.3 is 10.1 Å². The molecule has 0 unspecified atom stereocenters. The zero-order valence-electron chi connectivity index (χ0n) is 8.16. The van der Waals surface area contributed by atoms with E-state index in [0.29, 0.717) is 6.61 Å². The summed E-state index contributed by atoms with van der Waals surface area (Å²) in [5, 5.41) is 2.61. The minimum atomic E-state index is -0.389. The lowest BCUT2D eigenvalue weighted by atomic mass is 10.3. The third-order valence-corrected chi connectivity index (χ3v) is 1.24. The molecular weight excluding hydrogens is 170 g/mol. The molecule has 0 bridgehead atoms. The Hall–Kier alpha value is -1.32. The van der Waals surface area contributed by atoms with E-state index in [0.717, 1.165) is 0 Å². The van der Waals surface area contributed by atoms with Gasteiger partial charge in [0.1, 0.15) is 0 Å². The maximum atomic E-state index is 10.8. The lowest BCUT2D eigenvalue weighted by molar-refractivity contribution is -0.137. The number of hydrogen-bond donors (Lipinski definition) is 1. The van der Waals surface area contributed by atoms with E-state index in [1.165, 1.54) is 13.0 Å². The predicted octanol–water partition coefficient (Wildman–Crippen LogP) is 0.630. The number of nitrogens with one attached hydrogen (secondary N) is 1. The van der Waals surface area contributed by atoms with Crippen molar-refractivity contribution in [1.82, 2.24) is 5.32 Å². The van der Waals surface area contributed by atoms with E-state index in [1.807, 2.05) is 0 Å². The number of carbonyl (C=O) groups excluding carboxylic acids is 2. The molecule has 0 spiro atoms. The van der Waals surface area contributed by atoms with Crippen molar-refractivity contribution in [2.24, 2.45) is 0 Å². The van der Waals surface area contributed by atoms with Crippen LogP contribution in [0.4, 0.5) is 0 Å². The third-order valence-electron chi connectivity index (χ3n) is 1.24. The number of rotatable bonds is 4. The molecule has 0 fully saturated rings. The Morgan fingerprint density at radius 2 is 2.15 bits per heavy atom. The van der Waals surface area contributed by atoms with Crippen molar-refractivity contribution in [2.75, 3.05) is 6.61 Å². The van der Waals surface area contributed by atoms with Gasteiger partial charge in [-0.2, -0.15) is 0 Å². The highest BCUT2D eigenvalue weighted by molar-refractivity contribution is 5.82. The van der Waals surface area contributed by atoms with Crippen molar-refractivity contribution < 1.29 is 14.3 Å². The highest BCUT2D eigenvalue weighted by Crippen LogP contribution is 1.87. The first-order chi connectivity index (χ1) is 6.06. The fourth-order valence-corrected chi connectivity index (χ4v) is 0.782. The number of hydrogen-bond acceptors (Lipinski definition) is 3. The highest BCUT2D eigenvalue weighted by Gasteiger charge is 1.99. The Labute approximate surface area is 78.0 Å². The van der Waals surface area contributed by atoms with Crippen molar-refractivity contribution in [2.45, 2.75) is 26.8 Å². The van der Waals surface area contributed by atoms with Crippen molar-refractivity contribution in [3.05, 3.63) is 12.2 Å². The molecule has 0 aromatic rings. The Bertz CT molecular complexity index is 211.